The Balaban J connectivity index is 2.87. The highest BCUT2D eigenvalue weighted by molar-refractivity contribution is 5.79. The standard InChI is InChI=1S/C12H16N2O4/c1-3-18-12(17)10(14-7-15)11(16)9-5-4-8(2)13-6-9/h4-7,10-11,16H,3H2,1-2H3,(H,14,15). The Bertz CT molecular complexity index is 405. The molecule has 0 aliphatic heterocycles. The third-order valence-corrected chi connectivity index (χ3v) is 2.38. The van der Waals surface area contributed by atoms with Crippen LogP contribution in [0, 0.1) is 6.92 Å². The number of hydrogen-bond donors (Lipinski definition) is 2. The van der Waals surface area contributed by atoms with Gasteiger partial charge in [-0.25, -0.2) is 4.79 Å². The van der Waals surface area contributed by atoms with E-state index in [1.807, 2.05) is 6.92 Å². The summed E-state index contributed by atoms with van der Waals surface area (Å²) in [6.45, 7) is 3.63. The van der Waals surface area contributed by atoms with E-state index in [9.17, 15) is 14.7 Å². The number of carbonyl (C=O) groups excluding carboxylic acids is 2. The van der Waals surface area contributed by atoms with Crippen LogP contribution in [-0.4, -0.2) is 35.1 Å². The molecule has 2 atom stereocenters. The lowest BCUT2D eigenvalue weighted by Crippen LogP contribution is -2.42. The molecule has 18 heavy (non-hydrogen) atoms. The average molecular weight is 252 g/mol. The van der Waals surface area contributed by atoms with Gasteiger partial charge in [-0.1, -0.05) is 6.07 Å². The minimum atomic E-state index is -1.19. The van der Waals surface area contributed by atoms with Crippen LogP contribution in [0.15, 0.2) is 18.3 Å². The summed E-state index contributed by atoms with van der Waals surface area (Å²) in [5, 5.41) is 12.3. The van der Waals surface area contributed by atoms with Crippen molar-refractivity contribution in [1.82, 2.24) is 10.3 Å². The fourth-order valence-corrected chi connectivity index (χ4v) is 1.44. The van der Waals surface area contributed by atoms with Crippen molar-refractivity contribution >= 4 is 12.4 Å². The third-order valence-electron chi connectivity index (χ3n) is 2.38. The lowest BCUT2D eigenvalue weighted by molar-refractivity contribution is -0.149. The van der Waals surface area contributed by atoms with Crippen LogP contribution in [0.4, 0.5) is 0 Å². The lowest BCUT2D eigenvalue weighted by atomic mass is 10.0. The monoisotopic (exact) mass is 252 g/mol. The summed E-state index contributed by atoms with van der Waals surface area (Å²) in [6.07, 6.45) is 0.618. The van der Waals surface area contributed by atoms with Gasteiger partial charge in [0.25, 0.3) is 0 Å². The molecular weight excluding hydrogens is 236 g/mol. The van der Waals surface area contributed by atoms with E-state index in [1.165, 1.54) is 6.20 Å². The maximum absolute atomic E-state index is 11.6. The summed E-state index contributed by atoms with van der Waals surface area (Å²) in [5.74, 6) is -0.683. The largest absolute Gasteiger partial charge is 0.464 e. The van der Waals surface area contributed by atoms with Gasteiger partial charge in [-0.3, -0.25) is 9.78 Å². The number of hydrogen-bond acceptors (Lipinski definition) is 5. The van der Waals surface area contributed by atoms with Crippen molar-refractivity contribution in [2.75, 3.05) is 6.61 Å². The number of amides is 1. The van der Waals surface area contributed by atoms with Gasteiger partial charge in [0.15, 0.2) is 6.04 Å². The first-order chi connectivity index (χ1) is 8.60. The first kappa shape index (κ1) is 14.1. The maximum Gasteiger partial charge on any atom is 0.331 e. The summed E-state index contributed by atoms with van der Waals surface area (Å²) in [7, 11) is 0. The van der Waals surface area contributed by atoms with E-state index in [0.717, 1.165) is 5.69 Å². The second-order valence-corrected chi connectivity index (χ2v) is 3.69. The van der Waals surface area contributed by atoms with Crippen molar-refractivity contribution in [3.63, 3.8) is 0 Å². The topological polar surface area (TPSA) is 88.5 Å². The van der Waals surface area contributed by atoms with Gasteiger partial charge in [0.2, 0.25) is 6.41 Å². The minimum Gasteiger partial charge on any atom is -0.464 e. The summed E-state index contributed by atoms with van der Waals surface area (Å²) >= 11 is 0. The van der Waals surface area contributed by atoms with E-state index in [2.05, 4.69) is 10.3 Å². The molecule has 0 aliphatic carbocycles. The smallest absolute Gasteiger partial charge is 0.331 e. The second kappa shape index (κ2) is 6.70. The van der Waals surface area contributed by atoms with Crippen LogP contribution in [0.2, 0.25) is 0 Å². The number of carbonyl (C=O) groups is 2. The van der Waals surface area contributed by atoms with Crippen LogP contribution in [0.25, 0.3) is 0 Å². The van der Waals surface area contributed by atoms with Crippen LogP contribution in [0.5, 0.6) is 0 Å². The van der Waals surface area contributed by atoms with Crippen molar-refractivity contribution in [3.8, 4) is 0 Å². The van der Waals surface area contributed by atoms with Crippen molar-refractivity contribution in [2.24, 2.45) is 0 Å². The molecule has 1 heterocycles. The number of aliphatic hydroxyl groups excluding tert-OH is 1. The Morgan fingerprint density at radius 1 is 1.61 bits per heavy atom. The van der Waals surface area contributed by atoms with Gasteiger partial charge in [-0.05, 0) is 19.9 Å². The van der Waals surface area contributed by atoms with Crippen molar-refractivity contribution in [3.05, 3.63) is 29.6 Å². The zero-order valence-corrected chi connectivity index (χ0v) is 10.3. The summed E-state index contributed by atoms with van der Waals surface area (Å²) in [4.78, 5) is 26.1. The number of ether oxygens (including phenoxy) is 1. The fourth-order valence-electron chi connectivity index (χ4n) is 1.44. The van der Waals surface area contributed by atoms with Gasteiger partial charge in [-0.2, -0.15) is 0 Å². The average Bonchev–Trinajstić information content (AvgIpc) is 2.36. The molecule has 1 amide bonds. The number of aromatic nitrogens is 1. The number of pyridine rings is 1. The number of rotatable bonds is 6. The highest BCUT2D eigenvalue weighted by Crippen LogP contribution is 2.17. The highest BCUT2D eigenvalue weighted by Gasteiger charge is 2.29. The highest BCUT2D eigenvalue weighted by atomic mass is 16.5. The first-order valence-electron chi connectivity index (χ1n) is 5.57. The summed E-state index contributed by atoms with van der Waals surface area (Å²) < 4.78 is 4.78. The van der Waals surface area contributed by atoms with Crippen molar-refractivity contribution in [2.45, 2.75) is 26.0 Å². The number of esters is 1. The Hall–Kier alpha value is -1.95. The lowest BCUT2D eigenvalue weighted by Gasteiger charge is -2.20. The zero-order chi connectivity index (χ0) is 13.5. The first-order valence-corrected chi connectivity index (χ1v) is 5.57. The molecule has 2 unspecified atom stereocenters. The Morgan fingerprint density at radius 3 is 2.83 bits per heavy atom. The second-order valence-electron chi connectivity index (χ2n) is 3.69. The molecule has 0 bridgehead atoms. The normalized spacial score (nSPS) is 13.5. The van der Waals surface area contributed by atoms with Crippen LogP contribution in [-0.2, 0) is 14.3 Å². The van der Waals surface area contributed by atoms with E-state index in [4.69, 9.17) is 4.74 Å². The molecule has 0 aliphatic rings. The molecule has 6 nitrogen and oxygen atoms in total. The molecule has 1 aromatic rings. The molecule has 2 N–H and O–H groups in total. The van der Waals surface area contributed by atoms with Gasteiger partial charge < -0.3 is 15.2 Å². The predicted octanol–water partition coefficient (Wildman–Crippen LogP) is 0.101. The van der Waals surface area contributed by atoms with Crippen LogP contribution in [0.1, 0.15) is 24.3 Å². The van der Waals surface area contributed by atoms with E-state index in [0.29, 0.717) is 12.0 Å². The van der Waals surface area contributed by atoms with E-state index >= 15 is 0 Å². The van der Waals surface area contributed by atoms with Gasteiger partial charge in [0.05, 0.1) is 6.61 Å². The van der Waals surface area contributed by atoms with Gasteiger partial charge in [-0.15, -0.1) is 0 Å². The number of nitrogens with one attached hydrogen (secondary N) is 1. The summed E-state index contributed by atoms with van der Waals surface area (Å²) in [5.41, 5.74) is 1.23. The van der Waals surface area contributed by atoms with Gasteiger partial charge >= 0.3 is 5.97 Å². The Labute approximate surface area is 105 Å². The molecule has 0 saturated heterocycles. The Morgan fingerprint density at radius 2 is 2.33 bits per heavy atom. The molecule has 0 radical (unpaired) electrons. The minimum absolute atomic E-state index is 0.175. The quantitative estimate of drug-likeness (QED) is 0.554. The molecule has 0 aromatic carbocycles. The molecule has 98 valence electrons. The van der Waals surface area contributed by atoms with Crippen LogP contribution in [0.3, 0.4) is 0 Å². The van der Waals surface area contributed by atoms with Crippen LogP contribution < -0.4 is 5.32 Å². The van der Waals surface area contributed by atoms with E-state index in [-0.39, 0.29) is 6.61 Å². The molecule has 0 saturated carbocycles. The third kappa shape index (κ3) is 3.53. The van der Waals surface area contributed by atoms with Gasteiger partial charge in [0.1, 0.15) is 6.10 Å². The van der Waals surface area contributed by atoms with Gasteiger partial charge in [0, 0.05) is 17.5 Å². The molecular formula is C12H16N2O4. The number of aryl methyl sites for hydroxylation is 1. The SMILES string of the molecule is CCOC(=O)C(NC=O)C(O)c1ccc(C)nc1. The van der Waals surface area contributed by atoms with Crippen molar-refractivity contribution in [1.29, 1.82) is 0 Å². The predicted molar refractivity (Wildman–Crippen MR) is 63.6 cm³/mol. The molecule has 6 heteroatoms. The Kier molecular flexibility index (Phi) is 5.26. The van der Waals surface area contributed by atoms with Crippen LogP contribution >= 0.6 is 0 Å². The van der Waals surface area contributed by atoms with E-state index in [1.54, 1.807) is 19.1 Å². The number of nitrogens with zero attached hydrogens (tertiary/aromatic N) is 1. The maximum atomic E-state index is 11.6. The van der Waals surface area contributed by atoms with E-state index < -0.39 is 18.1 Å². The molecule has 0 spiro atoms. The summed E-state index contributed by atoms with van der Waals surface area (Å²) in [6, 6.07) is 2.22. The van der Waals surface area contributed by atoms with Crippen molar-refractivity contribution < 1.29 is 19.4 Å². The fraction of sp³-hybridized carbons (Fsp3) is 0.417. The molecule has 0 fully saturated rings. The number of aliphatic hydroxyl groups is 1. The molecule has 1 rings (SSSR count). The zero-order valence-electron chi connectivity index (χ0n) is 10.3. The molecule has 1 aromatic heterocycles.